The van der Waals surface area contributed by atoms with Crippen molar-refractivity contribution in [3.05, 3.63) is 95.6 Å². The highest BCUT2D eigenvalue weighted by molar-refractivity contribution is 5.47. The SMILES string of the molecule is C=C(/C(C)=C\C)/C(F)=C(\CC1C=CC=CC1C)C(=C)N(CC)CC1C=CC(C)=CC1. The Morgan fingerprint density at radius 2 is 1.93 bits per heavy atom. The van der Waals surface area contributed by atoms with Gasteiger partial charge in [0, 0.05) is 29.9 Å². The van der Waals surface area contributed by atoms with Gasteiger partial charge in [-0.05, 0) is 63.9 Å². The van der Waals surface area contributed by atoms with Gasteiger partial charge >= 0.3 is 0 Å². The van der Waals surface area contributed by atoms with E-state index in [1.807, 2.05) is 19.9 Å². The van der Waals surface area contributed by atoms with E-state index < -0.39 is 0 Å². The van der Waals surface area contributed by atoms with E-state index in [-0.39, 0.29) is 11.7 Å². The maximum Gasteiger partial charge on any atom is 0.135 e. The second kappa shape index (κ2) is 11.2. The molecule has 2 aliphatic rings. The lowest BCUT2D eigenvalue weighted by Gasteiger charge is -2.32. The lowest BCUT2D eigenvalue weighted by atomic mass is 9.83. The van der Waals surface area contributed by atoms with Crippen LogP contribution in [0.4, 0.5) is 4.39 Å². The zero-order chi connectivity index (χ0) is 22.3. The quantitative estimate of drug-likeness (QED) is 0.352. The fraction of sp³-hybridized carbons (Fsp3) is 0.429. The molecule has 1 nitrogen and oxygen atoms in total. The Morgan fingerprint density at radius 1 is 1.23 bits per heavy atom. The van der Waals surface area contributed by atoms with Crippen LogP contribution in [0.2, 0.25) is 0 Å². The Labute approximate surface area is 183 Å². The molecule has 0 aromatic rings. The van der Waals surface area contributed by atoms with E-state index in [1.165, 1.54) is 5.57 Å². The first kappa shape index (κ1) is 23.9. The van der Waals surface area contributed by atoms with Gasteiger partial charge in [0.1, 0.15) is 5.83 Å². The summed E-state index contributed by atoms with van der Waals surface area (Å²) < 4.78 is 15.7. The summed E-state index contributed by atoms with van der Waals surface area (Å²) in [5.74, 6) is 0.821. The summed E-state index contributed by atoms with van der Waals surface area (Å²) in [7, 11) is 0. The lowest BCUT2D eigenvalue weighted by molar-refractivity contribution is 0.322. The number of nitrogens with zero attached hydrogens (tertiary/aromatic N) is 1. The van der Waals surface area contributed by atoms with Crippen molar-refractivity contribution in [2.45, 2.75) is 47.5 Å². The fourth-order valence-electron chi connectivity index (χ4n) is 3.93. The molecule has 0 N–H and O–H groups in total. The number of likely N-dealkylation sites (N-methyl/N-ethyl adjacent to an activating group) is 1. The zero-order valence-electron chi connectivity index (χ0n) is 19.4. The van der Waals surface area contributed by atoms with E-state index in [9.17, 15) is 0 Å². The predicted octanol–water partition coefficient (Wildman–Crippen LogP) is 7.86. The normalized spacial score (nSPS) is 24.4. The minimum Gasteiger partial charge on any atom is -0.371 e. The molecule has 0 aromatic heterocycles. The topological polar surface area (TPSA) is 3.24 Å². The summed E-state index contributed by atoms with van der Waals surface area (Å²) >= 11 is 0. The van der Waals surface area contributed by atoms with E-state index in [4.69, 9.17) is 0 Å². The van der Waals surface area contributed by atoms with Crippen LogP contribution in [0.5, 0.6) is 0 Å². The average molecular weight is 408 g/mol. The van der Waals surface area contributed by atoms with E-state index in [0.717, 1.165) is 30.8 Å². The third kappa shape index (κ3) is 6.08. The molecule has 2 heteroatoms. The zero-order valence-corrected chi connectivity index (χ0v) is 19.4. The fourth-order valence-corrected chi connectivity index (χ4v) is 3.93. The molecular weight excluding hydrogens is 369 g/mol. The summed E-state index contributed by atoms with van der Waals surface area (Å²) in [4.78, 5) is 2.23. The van der Waals surface area contributed by atoms with Crippen molar-refractivity contribution in [2.75, 3.05) is 13.1 Å². The Bertz CT molecular complexity index is 831. The summed E-state index contributed by atoms with van der Waals surface area (Å²) in [6.07, 6.45) is 18.8. The molecule has 0 aromatic carbocycles. The number of hydrogen-bond donors (Lipinski definition) is 0. The Kier molecular flexibility index (Phi) is 8.89. The second-order valence-corrected chi connectivity index (χ2v) is 8.53. The number of allylic oxidation sites excluding steroid dienone is 12. The number of halogens is 1. The van der Waals surface area contributed by atoms with E-state index in [2.05, 4.69) is 81.4 Å². The first-order valence-corrected chi connectivity index (χ1v) is 11.1. The minimum atomic E-state index is -0.223. The van der Waals surface area contributed by atoms with E-state index in [1.54, 1.807) is 0 Å². The average Bonchev–Trinajstić information content (AvgIpc) is 2.76. The van der Waals surface area contributed by atoms with Crippen molar-refractivity contribution in [3.8, 4) is 0 Å². The van der Waals surface area contributed by atoms with Gasteiger partial charge in [-0.1, -0.05) is 74.3 Å². The molecule has 0 fully saturated rings. The van der Waals surface area contributed by atoms with Crippen LogP contribution < -0.4 is 0 Å². The molecule has 3 unspecified atom stereocenters. The second-order valence-electron chi connectivity index (χ2n) is 8.53. The van der Waals surface area contributed by atoms with Crippen molar-refractivity contribution < 1.29 is 4.39 Å². The molecule has 0 aliphatic heterocycles. The molecule has 0 spiro atoms. The maximum absolute atomic E-state index is 15.7. The highest BCUT2D eigenvalue weighted by atomic mass is 19.1. The summed E-state index contributed by atoms with van der Waals surface area (Å²) in [6, 6.07) is 0. The highest BCUT2D eigenvalue weighted by Gasteiger charge is 2.24. The van der Waals surface area contributed by atoms with E-state index >= 15 is 4.39 Å². The van der Waals surface area contributed by atoms with Crippen molar-refractivity contribution in [1.29, 1.82) is 0 Å². The van der Waals surface area contributed by atoms with Gasteiger partial charge in [-0.2, -0.15) is 0 Å². The molecule has 30 heavy (non-hydrogen) atoms. The molecular formula is C28H38FN. The van der Waals surface area contributed by atoms with Gasteiger partial charge < -0.3 is 4.90 Å². The Balaban J connectivity index is 2.32. The highest BCUT2D eigenvalue weighted by Crippen LogP contribution is 2.35. The van der Waals surface area contributed by atoms with Gasteiger partial charge in [-0.25, -0.2) is 4.39 Å². The monoisotopic (exact) mass is 407 g/mol. The van der Waals surface area contributed by atoms with Gasteiger partial charge in [0.05, 0.1) is 0 Å². The van der Waals surface area contributed by atoms with Crippen LogP contribution in [0.1, 0.15) is 47.5 Å². The summed E-state index contributed by atoms with van der Waals surface area (Å²) in [5.41, 5.74) is 4.11. The third-order valence-electron chi connectivity index (χ3n) is 6.38. The first-order chi connectivity index (χ1) is 14.3. The predicted molar refractivity (Wildman–Crippen MR) is 130 cm³/mol. The van der Waals surface area contributed by atoms with E-state index in [0.29, 0.717) is 29.4 Å². The van der Waals surface area contributed by atoms with Crippen LogP contribution in [0.3, 0.4) is 0 Å². The standard InChI is InChI=1S/C28H38FN/c1-8-21(4)23(6)28(29)27(18-26-13-11-10-12-22(26)5)24(7)30(9-2)19-25-16-14-20(3)15-17-25/h8,10-16,22,25-26H,6-7,9,17-19H2,1-5H3/b21-8-,28-27-. The van der Waals surface area contributed by atoms with Crippen LogP contribution in [-0.2, 0) is 0 Å². The van der Waals surface area contributed by atoms with Crippen molar-refractivity contribution in [2.24, 2.45) is 17.8 Å². The molecule has 0 amide bonds. The molecule has 0 bridgehead atoms. The van der Waals surface area contributed by atoms with Gasteiger partial charge in [0.25, 0.3) is 0 Å². The first-order valence-electron chi connectivity index (χ1n) is 11.1. The van der Waals surface area contributed by atoms with Crippen LogP contribution in [0, 0.1) is 17.8 Å². The van der Waals surface area contributed by atoms with Crippen molar-refractivity contribution >= 4 is 0 Å². The van der Waals surface area contributed by atoms with Crippen molar-refractivity contribution in [1.82, 2.24) is 4.90 Å². The van der Waals surface area contributed by atoms with Gasteiger partial charge in [-0.15, -0.1) is 0 Å². The van der Waals surface area contributed by atoms with Crippen LogP contribution in [-0.4, -0.2) is 18.0 Å². The van der Waals surface area contributed by atoms with Gasteiger partial charge in [0.2, 0.25) is 0 Å². The molecule has 3 atom stereocenters. The van der Waals surface area contributed by atoms with Crippen LogP contribution in [0.15, 0.2) is 95.6 Å². The number of rotatable bonds is 9. The molecule has 2 rings (SSSR count). The van der Waals surface area contributed by atoms with Crippen LogP contribution in [0.25, 0.3) is 0 Å². The lowest BCUT2D eigenvalue weighted by Crippen LogP contribution is -2.30. The maximum atomic E-state index is 15.7. The minimum absolute atomic E-state index is 0.223. The summed E-state index contributed by atoms with van der Waals surface area (Å²) in [6.45, 7) is 20.3. The molecule has 2 aliphatic carbocycles. The molecule has 0 saturated carbocycles. The molecule has 0 heterocycles. The van der Waals surface area contributed by atoms with Crippen LogP contribution >= 0.6 is 0 Å². The largest absolute Gasteiger partial charge is 0.371 e. The molecule has 0 saturated heterocycles. The van der Waals surface area contributed by atoms with Gasteiger partial charge in [0.15, 0.2) is 0 Å². The Morgan fingerprint density at radius 3 is 2.50 bits per heavy atom. The van der Waals surface area contributed by atoms with Crippen molar-refractivity contribution in [3.63, 3.8) is 0 Å². The molecule has 162 valence electrons. The smallest absolute Gasteiger partial charge is 0.135 e. The van der Waals surface area contributed by atoms with Gasteiger partial charge in [-0.3, -0.25) is 0 Å². The molecule has 0 radical (unpaired) electrons. The third-order valence-corrected chi connectivity index (χ3v) is 6.38. The Hall–Kier alpha value is -2.35. The number of hydrogen-bond acceptors (Lipinski definition) is 1. The summed E-state index contributed by atoms with van der Waals surface area (Å²) in [5, 5.41) is 0.